The number of halogens is 3. The number of carbonyl (C=O) groups is 1. The van der Waals surface area contributed by atoms with Crippen molar-refractivity contribution in [3.8, 4) is 5.75 Å². The Labute approximate surface area is 122 Å². The molecule has 0 radical (unpaired) electrons. The van der Waals surface area contributed by atoms with Crippen LogP contribution in [0.4, 0.5) is 10.1 Å². The topological polar surface area (TPSA) is 49.3 Å². The van der Waals surface area contributed by atoms with Crippen molar-refractivity contribution in [1.82, 2.24) is 0 Å². The van der Waals surface area contributed by atoms with Gasteiger partial charge in [-0.25, -0.2) is 4.39 Å². The molecule has 2 rings (SSSR count). The second-order valence-corrected chi connectivity index (χ2v) is 5.07. The Bertz CT molecular complexity index is 649. The van der Waals surface area contributed by atoms with Crippen molar-refractivity contribution in [1.29, 1.82) is 0 Å². The highest BCUT2D eigenvalue weighted by Crippen LogP contribution is 2.26. The van der Waals surface area contributed by atoms with Crippen molar-refractivity contribution in [2.24, 2.45) is 0 Å². The first kappa shape index (κ1) is 13.8. The smallest absolute Gasteiger partial charge is 0.258 e. The van der Waals surface area contributed by atoms with E-state index >= 15 is 0 Å². The van der Waals surface area contributed by atoms with Crippen LogP contribution in [0.15, 0.2) is 40.9 Å². The van der Waals surface area contributed by atoms with E-state index in [1.807, 2.05) is 0 Å². The van der Waals surface area contributed by atoms with E-state index in [0.717, 1.165) is 0 Å². The van der Waals surface area contributed by atoms with Gasteiger partial charge in [-0.2, -0.15) is 0 Å². The lowest BCUT2D eigenvalue weighted by Gasteiger charge is -2.07. The van der Waals surface area contributed by atoms with Crippen LogP contribution in [0.3, 0.4) is 0 Å². The van der Waals surface area contributed by atoms with E-state index in [1.165, 1.54) is 36.4 Å². The minimum atomic E-state index is -0.620. The molecule has 0 aliphatic heterocycles. The number of hydrogen-bond donors (Lipinski definition) is 2. The molecular formula is C13H8BrClFNO2. The molecule has 0 saturated heterocycles. The van der Waals surface area contributed by atoms with E-state index in [4.69, 9.17) is 11.6 Å². The summed E-state index contributed by atoms with van der Waals surface area (Å²) in [6.07, 6.45) is 0. The molecule has 3 nitrogen and oxygen atoms in total. The van der Waals surface area contributed by atoms with Crippen LogP contribution < -0.4 is 5.32 Å². The highest BCUT2D eigenvalue weighted by atomic mass is 79.9. The molecule has 0 bridgehead atoms. The molecular weight excluding hydrogens is 337 g/mol. The zero-order valence-corrected chi connectivity index (χ0v) is 11.8. The summed E-state index contributed by atoms with van der Waals surface area (Å²) >= 11 is 8.89. The third-order valence-corrected chi connectivity index (χ3v) is 3.17. The predicted molar refractivity (Wildman–Crippen MR) is 75.2 cm³/mol. The van der Waals surface area contributed by atoms with Crippen LogP contribution in [0.1, 0.15) is 10.4 Å². The summed E-state index contributed by atoms with van der Waals surface area (Å²) in [6, 6.07) is 8.27. The Kier molecular flexibility index (Phi) is 4.07. The maximum absolute atomic E-state index is 13.5. The van der Waals surface area contributed by atoms with Crippen molar-refractivity contribution in [3.05, 3.63) is 57.3 Å². The zero-order chi connectivity index (χ0) is 14.0. The van der Waals surface area contributed by atoms with Gasteiger partial charge in [0.2, 0.25) is 0 Å². The fraction of sp³-hybridized carbons (Fsp3) is 0. The number of benzene rings is 2. The van der Waals surface area contributed by atoms with Crippen molar-refractivity contribution in [3.63, 3.8) is 0 Å². The van der Waals surface area contributed by atoms with Gasteiger partial charge in [-0.3, -0.25) is 4.79 Å². The van der Waals surface area contributed by atoms with Gasteiger partial charge in [0, 0.05) is 10.2 Å². The number of nitrogens with one attached hydrogen (secondary N) is 1. The summed E-state index contributed by atoms with van der Waals surface area (Å²) in [5, 5.41) is 11.9. The second kappa shape index (κ2) is 5.59. The molecule has 0 aromatic heterocycles. The Morgan fingerprint density at radius 3 is 2.68 bits per heavy atom. The third kappa shape index (κ3) is 3.24. The predicted octanol–water partition coefficient (Wildman–Crippen LogP) is 4.20. The van der Waals surface area contributed by atoms with Crippen LogP contribution in [-0.4, -0.2) is 11.0 Å². The maximum atomic E-state index is 13.5. The fourth-order valence-electron chi connectivity index (χ4n) is 1.45. The Morgan fingerprint density at radius 2 is 2.00 bits per heavy atom. The molecule has 0 aliphatic carbocycles. The maximum Gasteiger partial charge on any atom is 0.258 e. The van der Waals surface area contributed by atoms with E-state index in [-0.39, 0.29) is 16.3 Å². The first-order valence-corrected chi connectivity index (χ1v) is 6.39. The van der Waals surface area contributed by atoms with Crippen LogP contribution in [-0.2, 0) is 0 Å². The molecule has 0 fully saturated rings. The van der Waals surface area contributed by atoms with Crippen LogP contribution in [0, 0.1) is 5.82 Å². The molecule has 98 valence electrons. The Hall–Kier alpha value is -1.59. The van der Waals surface area contributed by atoms with Gasteiger partial charge in [-0.05, 0) is 36.4 Å². The number of rotatable bonds is 2. The Balaban J connectivity index is 2.25. The van der Waals surface area contributed by atoms with Crippen LogP contribution in [0.5, 0.6) is 5.75 Å². The minimum Gasteiger partial charge on any atom is -0.506 e. The van der Waals surface area contributed by atoms with Crippen LogP contribution in [0.25, 0.3) is 0 Å². The number of amides is 1. The molecule has 2 N–H and O–H groups in total. The molecule has 0 heterocycles. The summed E-state index contributed by atoms with van der Waals surface area (Å²) in [4.78, 5) is 11.9. The van der Waals surface area contributed by atoms with Crippen molar-refractivity contribution >= 4 is 39.1 Å². The average Bonchev–Trinajstić information content (AvgIpc) is 2.36. The SMILES string of the molecule is O=C(Nc1ccc(O)c(Cl)c1)c1cc(Br)ccc1F. The highest BCUT2D eigenvalue weighted by molar-refractivity contribution is 9.10. The van der Waals surface area contributed by atoms with Gasteiger partial charge in [0.05, 0.1) is 10.6 Å². The highest BCUT2D eigenvalue weighted by Gasteiger charge is 2.13. The largest absolute Gasteiger partial charge is 0.506 e. The Morgan fingerprint density at radius 1 is 1.26 bits per heavy atom. The molecule has 0 saturated carbocycles. The lowest BCUT2D eigenvalue weighted by Crippen LogP contribution is -2.13. The van der Waals surface area contributed by atoms with Crippen molar-refractivity contribution in [2.75, 3.05) is 5.32 Å². The molecule has 1 amide bonds. The molecule has 0 atom stereocenters. The van der Waals surface area contributed by atoms with Gasteiger partial charge in [-0.1, -0.05) is 27.5 Å². The monoisotopic (exact) mass is 343 g/mol. The molecule has 0 unspecified atom stereocenters. The summed E-state index contributed by atoms with van der Waals surface area (Å²) in [7, 11) is 0. The van der Waals surface area contributed by atoms with Crippen molar-refractivity contribution < 1.29 is 14.3 Å². The van der Waals surface area contributed by atoms with Crippen LogP contribution in [0.2, 0.25) is 5.02 Å². The number of anilines is 1. The van der Waals surface area contributed by atoms with E-state index in [1.54, 1.807) is 0 Å². The van der Waals surface area contributed by atoms with E-state index in [0.29, 0.717) is 10.2 Å². The molecule has 2 aromatic rings. The molecule has 6 heteroatoms. The van der Waals surface area contributed by atoms with Gasteiger partial charge < -0.3 is 10.4 Å². The second-order valence-electron chi connectivity index (χ2n) is 3.74. The summed E-state index contributed by atoms with van der Waals surface area (Å²) < 4.78 is 14.1. The van der Waals surface area contributed by atoms with E-state index < -0.39 is 11.7 Å². The van der Waals surface area contributed by atoms with E-state index in [2.05, 4.69) is 21.2 Å². The van der Waals surface area contributed by atoms with Gasteiger partial charge in [0.25, 0.3) is 5.91 Å². The summed E-state index contributed by atoms with van der Waals surface area (Å²) in [5.41, 5.74) is 0.283. The number of aromatic hydroxyl groups is 1. The average molecular weight is 345 g/mol. The van der Waals surface area contributed by atoms with Crippen LogP contribution >= 0.6 is 27.5 Å². The lowest BCUT2D eigenvalue weighted by molar-refractivity contribution is 0.102. The number of carbonyl (C=O) groups excluding carboxylic acids is 1. The number of hydrogen-bond acceptors (Lipinski definition) is 2. The van der Waals surface area contributed by atoms with Gasteiger partial charge in [-0.15, -0.1) is 0 Å². The quantitative estimate of drug-likeness (QED) is 0.802. The normalized spacial score (nSPS) is 10.3. The summed E-state index contributed by atoms with van der Waals surface area (Å²) in [6.45, 7) is 0. The van der Waals surface area contributed by atoms with E-state index in [9.17, 15) is 14.3 Å². The minimum absolute atomic E-state index is 0.0847. The standard InChI is InChI=1S/C13H8BrClFNO2/c14-7-1-3-11(16)9(5-7)13(19)17-8-2-4-12(18)10(15)6-8/h1-6,18H,(H,17,19). The summed E-state index contributed by atoms with van der Waals surface area (Å²) in [5.74, 6) is -1.31. The van der Waals surface area contributed by atoms with Gasteiger partial charge in [0.15, 0.2) is 0 Å². The van der Waals surface area contributed by atoms with Gasteiger partial charge >= 0.3 is 0 Å². The lowest BCUT2D eigenvalue weighted by atomic mass is 10.2. The molecule has 0 spiro atoms. The molecule has 19 heavy (non-hydrogen) atoms. The first-order chi connectivity index (χ1) is 8.97. The third-order valence-electron chi connectivity index (χ3n) is 2.38. The number of phenols is 1. The van der Waals surface area contributed by atoms with Crippen molar-refractivity contribution in [2.45, 2.75) is 0 Å². The first-order valence-electron chi connectivity index (χ1n) is 5.22. The molecule has 2 aromatic carbocycles. The fourth-order valence-corrected chi connectivity index (χ4v) is 2.00. The zero-order valence-electron chi connectivity index (χ0n) is 9.45. The number of phenolic OH excluding ortho intramolecular Hbond substituents is 1. The molecule has 0 aliphatic rings. The van der Waals surface area contributed by atoms with Gasteiger partial charge in [0.1, 0.15) is 11.6 Å².